The van der Waals surface area contributed by atoms with E-state index in [4.69, 9.17) is 0 Å². The summed E-state index contributed by atoms with van der Waals surface area (Å²) in [6.45, 7) is 9.70. The van der Waals surface area contributed by atoms with Crippen molar-refractivity contribution in [2.75, 3.05) is 6.54 Å². The van der Waals surface area contributed by atoms with Crippen molar-refractivity contribution in [3.05, 3.63) is 29.8 Å². The highest BCUT2D eigenvalue weighted by molar-refractivity contribution is 7.99. The number of aliphatic hydroxyl groups excluding tert-OH is 1. The molecular weight excluding hydrogens is 302 g/mol. The molecule has 0 unspecified atom stereocenters. The number of aliphatic hydroxyl groups is 1. The molecule has 0 spiro atoms. The van der Waals surface area contributed by atoms with Crippen LogP contribution in [0.3, 0.4) is 0 Å². The van der Waals surface area contributed by atoms with Gasteiger partial charge in [-0.15, -0.1) is 11.8 Å². The third kappa shape index (κ3) is 8.78. The van der Waals surface area contributed by atoms with Crippen LogP contribution in [-0.2, 0) is 0 Å². The molecule has 2 N–H and O–H groups in total. The van der Waals surface area contributed by atoms with Crippen LogP contribution in [0.5, 0.6) is 0 Å². The van der Waals surface area contributed by atoms with Crippen molar-refractivity contribution in [3.63, 3.8) is 0 Å². The lowest BCUT2D eigenvalue weighted by Crippen LogP contribution is -2.32. The van der Waals surface area contributed by atoms with Crippen molar-refractivity contribution in [2.45, 2.75) is 88.5 Å². The second-order valence-electron chi connectivity index (χ2n) is 6.69. The fourth-order valence-electron chi connectivity index (χ4n) is 2.65. The van der Waals surface area contributed by atoms with E-state index in [9.17, 15) is 5.11 Å². The number of thioether (sulfide) groups is 1. The van der Waals surface area contributed by atoms with E-state index in [-0.39, 0.29) is 6.04 Å². The Morgan fingerprint density at radius 2 is 1.57 bits per heavy atom. The third-order valence-corrected chi connectivity index (χ3v) is 5.08. The van der Waals surface area contributed by atoms with Crippen molar-refractivity contribution in [1.29, 1.82) is 0 Å². The topological polar surface area (TPSA) is 32.3 Å². The molecule has 1 aromatic rings. The molecule has 0 aliphatic rings. The van der Waals surface area contributed by atoms with E-state index in [1.807, 2.05) is 11.8 Å². The number of benzene rings is 1. The fourth-order valence-corrected chi connectivity index (χ4v) is 3.49. The first kappa shape index (κ1) is 20.5. The Kier molecular flexibility index (Phi) is 10.7. The lowest BCUT2D eigenvalue weighted by atomic mass is 10.0. The van der Waals surface area contributed by atoms with E-state index in [1.165, 1.54) is 43.4 Å². The predicted molar refractivity (Wildman–Crippen MR) is 103 cm³/mol. The summed E-state index contributed by atoms with van der Waals surface area (Å²) in [5.41, 5.74) is 1.00. The minimum absolute atomic E-state index is 0.0919. The van der Waals surface area contributed by atoms with Crippen LogP contribution in [0.15, 0.2) is 29.2 Å². The number of unbranched alkanes of at least 4 members (excludes halogenated alkanes) is 5. The van der Waals surface area contributed by atoms with Crippen LogP contribution in [0.1, 0.15) is 77.9 Å². The maximum Gasteiger partial charge on any atom is 0.0940 e. The Morgan fingerprint density at radius 3 is 2.17 bits per heavy atom. The van der Waals surface area contributed by atoms with Crippen LogP contribution >= 0.6 is 11.8 Å². The Bertz CT molecular complexity index is 405. The molecule has 0 radical (unpaired) electrons. The van der Waals surface area contributed by atoms with Crippen molar-refractivity contribution in [3.8, 4) is 0 Å². The second-order valence-corrected chi connectivity index (χ2v) is 8.34. The predicted octanol–water partition coefficient (Wildman–Crippen LogP) is 5.56. The van der Waals surface area contributed by atoms with E-state index in [2.05, 4.69) is 57.3 Å². The van der Waals surface area contributed by atoms with Crippen LogP contribution in [0.2, 0.25) is 0 Å². The van der Waals surface area contributed by atoms with Crippen LogP contribution < -0.4 is 5.32 Å². The number of rotatable bonds is 12. The largest absolute Gasteiger partial charge is 0.387 e. The summed E-state index contributed by atoms with van der Waals surface area (Å²) in [6, 6.07) is 8.43. The summed E-state index contributed by atoms with van der Waals surface area (Å²) in [6.07, 6.45) is 7.40. The molecule has 0 saturated carbocycles. The van der Waals surface area contributed by atoms with Crippen LogP contribution in [0.25, 0.3) is 0 Å². The maximum absolute atomic E-state index is 10.5. The summed E-state index contributed by atoms with van der Waals surface area (Å²) in [7, 11) is 0. The quantitative estimate of drug-likeness (QED) is 0.387. The maximum atomic E-state index is 10.5. The van der Waals surface area contributed by atoms with Gasteiger partial charge in [0.15, 0.2) is 0 Å². The zero-order chi connectivity index (χ0) is 17.1. The second kappa shape index (κ2) is 11.9. The van der Waals surface area contributed by atoms with Gasteiger partial charge in [-0.05, 0) is 37.6 Å². The van der Waals surface area contributed by atoms with Crippen molar-refractivity contribution in [1.82, 2.24) is 5.32 Å². The highest BCUT2D eigenvalue weighted by Gasteiger charge is 2.15. The first-order valence-electron chi connectivity index (χ1n) is 9.22. The average molecular weight is 338 g/mol. The lowest BCUT2D eigenvalue weighted by molar-refractivity contribution is 0.136. The van der Waals surface area contributed by atoms with Gasteiger partial charge in [-0.3, -0.25) is 0 Å². The number of hydrogen-bond donors (Lipinski definition) is 2. The molecule has 0 aliphatic heterocycles. The summed E-state index contributed by atoms with van der Waals surface area (Å²) in [5.74, 6) is 0. The summed E-state index contributed by atoms with van der Waals surface area (Å²) in [4.78, 5) is 1.27. The van der Waals surface area contributed by atoms with Gasteiger partial charge in [-0.25, -0.2) is 0 Å². The van der Waals surface area contributed by atoms with Crippen LogP contribution in [0, 0.1) is 0 Å². The molecule has 0 aliphatic carbocycles. The van der Waals surface area contributed by atoms with Crippen molar-refractivity contribution < 1.29 is 5.11 Å². The molecule has 0 fully saturated rings. The molecule has 0 saturated heterocycles. The average Bonchev–Trinajstić information content (AvgIpc) is 2.53. The molecule has 3 heteroatoms. The van der Waals surface area contributed by atoms with E-state index in [0.717, 1.165) is 12.1 Å². The molecule has 2 atom stereocenters. The van der Waals surface area contributed by atoms with Gasteiger partial charge in [0, 0.05) is 16.2 Å². The zero-order valence-electron chi connectivity index (χ0n) is 15.3. The standard InChI is InChI=1S/C20H35NOS/c1-5-6-7-8-9-10-15-21-17(4)20(22)18-11-13-19(14-12-18)23-16(2)3/h11-14,16-17,20-22H,5-10,15H2,1-4H3/t17-,20+/m1/s1. The van der Waals surface area contributed by atoms with E-state index < -0.39 is 6.10 Å². The van der Waals surface area contributed by atoms with Gasteiger partial charge in [0.25, 0.3) is 0 Å². The van der Waals surface area contributed by atoms with Gasteiger partial charge in [0.2, 0.25) is 0 Å². The SMILES string of the molecule is CCCCCCCCN[C@H](C)[C@H](O)c1ccc(SC(C)C)cc1. The Balaban J connectivity index is 2.28. The summed E-state index contributed by atoms with van der Waals surface area (Å²) >= 11 is 1.85. The normalized spacial score (nSPS) is 14.2. The fraction of sp³-hybridized carbons (Fsp3) is 0.700. The van der Waals surface area contributed by atoms with E-state index >= 15 is 0 Å². The van der Waals surface area contributed by atoms with Crippen LogP contribution in [0.4, 0.5) is 0 Å². The van der Waals surface area contributed by atoms with Gasteiger partial charge in [-0.2, -0.15) is 0 Å². The van der Waals surface area contributed by atoms with Gasteiger partial charge >= 0.3 is 0 Å². The minimum Gasteiger partial charge on any atom is -0.387 e. The lowest BCUT2D eigenvalue weighted by Gasteiger charge is -2.21. The monoisotopic (exact) mass is 337 g/mol. The highest BCUT2D eigenvalue weighted by Crippen LogP contribution is 2.25. The summed E-state index contributed by atoms with van der Waals surface area (Å²) in [5, 5.41) is 14.5. The molecule has 2 nitrogen and oxygen atoms in total. The molecule has 23 heavy (non-hydrogen) atoms. The van der Waals surface area contributed by atoms with Gasteiger partial charge in [0.05, 0.1) is 6.10 Å². The van der Waals surface area contributed by atoms with Gasteiger partial charge < -0.3 is 10.4 Å². The third-order valence-electron chi connectivity index (χ3n) is 4.06. The number of hydrogen-bond acceptors (Lipinski definition) is 3. The first-order chi connectivity index (χ1) is 11.0. The minimum atomic E-state index is -0.437. The molecule has 1 rings (SSSR count). The van der Waals surface area contributed by atoms with E-state index in [1.54, 1.807) is 0 Å². The molecule has 0 heterocycles. The molecular formula is C20H35NOS. The Labute approximate surface area is 147 Å². The van der Waals surface area contributed by atoms with Gasteiger partial charge in [-0.1, -0.05) is 65.0 Å². The smallest absolute Gasteiger partial charge is 0.0940 e. The summed E-state index contributed by atoms with van der Waals surface area (Å²) < 4.78 is 0. The van der Waals surface area contributed by atoms with E-state index in [0.29, 0.717) is 5.25 Å². The highest BCUT2D eigenvalue weighted by atomic mass is 32.2. The van der Waals surface area contributed by atoms with Crippen molar-refractivity contribution in [2.24, 2.45) is 0 Å². The molecule has 1 aromatic carbocycles. The Hall–Kier alpha value is -0.510. The molecule has 132 valence electrons. The zero-order valence-corrected chi connectivity index (χ0v) is 16.2. The van der Waals surface area contributed by atoms with Crippen molar-refractivity contribution >= 4 is 11.8 Å². The molecule has 0 aromatic heterocycles. The Morgan fingerprint density at radius 1 is 0.957 bits per heavy atom. The molecule has 0 bridgehead atoms. The first-order valence-corrected chi connectivity index (χ1v) is 10.1. The number of nitrogens with one attached hydrogen (secondary N) is 1. The van der Waals surface area contributed by atoms with Crippen LogP contribution in [-0.4, -0.2) is 22.9 Å². The molecule has 0 amide bonds. The van der Waals surface area contributed by atoms with Gasteiger partial charge in [0.1, 0.15) is 0 Å².